The Balaban J connectivity index is 2.33. The van der Waals surface area contributed by atoms with Crippen LogP contribution in [0.25, 0.3) is 16.9 Å². The Labute approximate surface area is 104 Å². The number of hydrogen-bond acceptors (Lipinski definition) is 2. The highest BCUT2D eigenvalue weighted by atomic mass is 19.1. The van der Waals surface area contributed by atoms with Gasteiger partial charge in [-0.15, -0.1) is 0 Å². The second kappa shape index (κ2) is 4.23. The van der Waals surface area contributed by atoms with Crippen LogP contribution in [0.1, 0.15) is 5.69 Å². The number of fused-ring (bicyclic) bond motifs is 1. The zero-order chi connectivity index (χ0) is 12.5. The predicted octanol–water partition coefficient (Wildman–Crippen LogP) is 2.60. The van der Waals surface area contributed by atoms with E-state index in [9.17, 15) is 4.39 Å². The van der Waals surface area contributed by atoms with E-state index in [1.165, 1.54) is 6.07 Å². The Kier molecular flexibility index (Phi) is 2.57. The fraction of sp³-hybridized carbons (Fsp3) is 0.0714. The van der Waals surface area contributed by atoms with Crippen molar-refractivity contribution < 1.29 is 4.39 Å². The lowest BCUT2D eigenvalue weighted by molar-refractivity contribution is 0.630. The SMILES string of the molecule is NCc1nc(-c2ccccc2F)n2ccccc12. The summed E-state index contributed by atoms with van der Waals surface area (Å²) in [5, 5.41) is 0. The van der Waals surface area contributed by atoms with Crippen LogP contribution in [-0.4, -0.2) is 9.38 Å². The molecule has 0 saturated heterocycles. The lowest BCUT2D eigenvalue weighted by atomic mass is 10.2. The number of pyridine rings is 1. The Morgan fingerprint density at radius 1 is 1.11 bits per heavy atom. The van der Waals surface area contributed by atoms with Crippen LogP contribution in [0.2, 0.25) is 0 Å². The van der Waals surface area contributed by atoms with Crippen molar-refractivity contribution in [1.29, 1.82) is 0 Å². The molecule has 0 unspecified atom stereocenters. The van der Waals surface area contributed by atoms with E-state index in [0.717, 1.165) is 11.2 Å². The highest BCUT2D eigenvalue weighted by molar-refractivity contribution is 5.65. The van der Waals surface area contributed by atoms with Crippen LogP contribution in [-0.2, 0) is 6.54 Å². The first-order chi connectivity index (χ1) is 8.81. The summed E-state index contributed by atoms with van der Waals surface area (Å²) in [6.07, 6.45) is 1.86. The monoisotopic (exact) mass is 241 g/mol. The third-order valence-corrected chi connectivity index (χ3v) is 2.93. The molecule has 2 N–H and O–H groups in total. The van der Waals surface area contributed by atoms with E-state index in [-0.39, 0.29) is 5.82 Å². The molecule has 0 aliphatic carbocycles. The van der Waals surface area contributed by atoms with Crippen LogP contribution in [0, 0.1) is 5.82 Å². The molecule has 2 heterocycles. The van der Waals surface area contributed by atoms with Crippen molar-refractivity contribution in [1.82, 2.24) is 9.38 Å². The zero-order valence-corrected chi connectivity index (χ0v) is 9.68. The molecule has 0 spiro atoms. The van der Waals surface area contributed by atoms with Crippen LogP contribution < -0.4 is 5.73 Å². The predicted molar refractivity (Wildman–Crippen MR) is 68.5 cm³/mol. The van der Waals surface area contributed by atoms with Gasteiger partial charge in [0.1, 0.15) is 11.6 Å². The van der Waals surface area contributed by atoms with E-state index in [1.54, 1.807) is 18.2 Å². The first-order valence-corrected chi connectivity index (χ1v) is 5.72. The summed E-state index contributed by atoms with van der Waals surface area (Å²) in [6.45, 7) is 0.335. The minimum Gasteiger partial charge on any atom is -0.325 e. The average molecular weight is 241 g/mol. The van der Waals surface area contributed by atoms with Gasteiger partial charge in [-0.25, -0.2) is 9.37 Å². The second-order valence-electron chi connectivity index (χ2n) is 4.02. The summed E-state index contributed by atoms with van der Waals surface area (Å²) in [6, 6.07) is 12.3. The number of halogens is 1. The fourth-order valence-electron chi connectivity index (χ4n) is 2.08. The molecule has 3 rings (SSSR count). The van der Waals surface area contributed by atoms with Gasteiger partial charge in [-0.2, -0.15) is 0 Å². The number of aromatic nitrogens is 2. The summed E-state index contributed by atoms with van der Waals surface area (Å²) >= 11 is 0. The van der Waals surface area contributed by atoms with Crippen molar-refractivity contribution in [3.8, 4) is 11.4 Å². The first kappa shape index (κ1) is 10.9. The largest absolute Gasteiger partial charge is 0.325 e. The number of nitrogens with two attached hydrogens (primary N) is 1. The van der Waals surface area contributed by atoms with Gasteiger partial charge >= 0.3 is 0 Å². The molecule has 0 aliphatic heterocycles. The minimum atomic E-state index is -0.281. The van der Waals surface area contributed by atoms with E-state index in [1.807, 2.05) is 28.8 Å². The second-order valence-corrected chi connectivity index (χ2v) is 4.02. The highest BCUT2D eigenvalue weighted by Gasteiger charge is 2.13. The fourth-order valence-corrected chi connectivity index (χ4v) is 2.08. The summed E-state index contributed by atoms with van der Waals surface area (Å²) in [4.78, 5) is 4.44. The third kappa shape index (κ3) is 1.58. The molecule has 4 heteroatoms. The Bertz CT molecular complexity index is 703. The maximum atomic E-state index is 13.8. The van der Waals surface area contributed by atoms with E-state index in [2.05, 4.69) is 4.98 Å². The normalized spacial score (nSPS) is 11.0. The maximum Gasteiger partial charge on any atom is 0.147 e. The van der Waals surface area contributed by atoms with E-state index in [0.29, 0.717) is 17.9 Å². The average Bonchev–Trinajstić information content (AvgIpc) is 2.78. The van der Waals surface area contributed by atoms with Gasteiger partial charge in [-0.3, -0.25) is 4.40 Å². The number of rotatable bonds is 2. The van der Waals surface area contributed by atoms with Crippen LogP contribution in [0.3, 0.4) is 0 Å². The van der Waals surface area contributed by atoms with Gasteiger partial charge in [-0.1, -0.05) is 18.2 Å². The maximum absolute atomic E-state index is 13.8. The molecule has 0 bridgehead atoms. The van der Waals surface area contributed by atoms with Crippen molar-refractivity contribution in [2.24, 2.45) is 5.73 Å². The summed E-state index contributed by atoms with van der Waals surface area (Å²) in [5.41, 5.74) is 7.85. The molecular weight excluding hydrogens is 229 g/mol. The van der Waals surface area contributed by atoms with Gasteiger partial charge in [0.25, 0.3) is 0 Å². The first-order valence-electron chi connectivity index (χ1n) is 5.72. The molecule has 90 valence electrons. The van der Waals surface area contributed by atoms with Gasteiger partial charge in [0.15, 0.2) is 0 Å². The number of hydrogen-bond donors (Lipinski definition) is 1. The molecule has 3 nitrogen and oxygen atoms in total. The van der Waals surface area contributed by atoms with Crippen molar-refractivity contribution in [3.63, 3.8) is 0 Å². The van der Waals surface area contributed by atoms with Crippen LogP contribution in [0.15, 0.2) is 48.7 Å². The van der Waals surface area contributed by atoms with Crippen molar-refractivity contribution in [3.05, 3.63) is 60.2 Å². The van der Waals surface area contributed by atoms with Crippen molar-refractivity contribution in [2.45, 2.75) is 6.54 Å². The Morgan fingerprint density at radius 3 is 2.67 bits per heavy atom. The van der Waals surface area contributed by atoms with Gasteiger partial charge in [0.2, 0.25) is 0 Å². The van der Waals surface area contributed by atoms with Crippen molar-refractivity contribution >= 4 is 5.52 Å². The molecule has 0 fully saturated rings. The molecule has 0 saturated carbocycles. The van der Waals surface area contributed by atoms with Crippen LogP contribution in [0.5, 0.6) is 0 Å². The summed E-state index contributed by atoms with van der Waals surface area (Å²) in [7, 11) is 0. The molecular formula is C14H12FN3. The smallest absolute Gasteiger partial charge is 0.147 e. The third-order valence-electron chi connectivity index (χ3n) is 2.93. The van der Waals surface area contributed by atoms with E-state index in [4.69, 9.17) is 5.73 Å². The Hall–Kier alpha value is -2.20. The lowest BCUT2D eigenvalue weighted by Gasteiger charge is -2.01. The Morgan fingerprint density at radius 2 is 1.89 bits per heavy atom. The topological polar surface area (TPSA) is 43.3 Å². The quantitative estimate of drug-likeness (QED) is 0.749. The summed E-state index contributed by atoms with van der Waals surface area (Å²) in [5.74, 6) is 0.306. The summed E-state index contributed by atoms with van der Waals surface area (Å²) < 4.78 is 15.7. The van der Waals surface area contributed by atoms with E-state index >= 15 is 0 Å². The van der Waals surface area contributed by atoms with Crippen molar-refractivity contribution in [2.75, 3.05) is 0 Å². The number of benzene rings is 1. The van der Waals surface area contributed by atoms with Gasteiger partial charge in [0, 0.05) is 12.7 Å². The van der Waals surface area contributed by atoms with Gasteiger partial charge in [0.05, 0.1) is 16.8 Å². The van der Waals surface area contributed by atoms with Crippen LogP contribution >= 0.6 is 0 Å². The molecule has 18 heavy (non-hydrogen) atoms. The van der Waals surface area contributed by atoms with E-state index < -0.39 is 0 Å². The van der Waals surface area contributed by atoms with Gasteiger partial charge < -0.3 is 5.73 Å². The molecule has 0 atom stereocenters. The molecule has 0 amide bonds. The lowest BCUT2D eigenvalue weighted by Crippen LogP contribution is -1.96. The highest BCUT2D eigenvalue weighted by Crippen LogP contribution is 2.24. The molecule has 0 aliphatic rings. The zero-order valence-electron chi connectivity index (χ0n) is 9.68. The number of imidazole rings is 1. The molecule has 0 radical (unpaired) electrons. The molecule has 3 aromatic rings. The minimum absolute atomic E-state index is 0.281. The van der Waals surface area contributed by atoms with Crippen LogP contribution in [0.4, 0.5) is 4.39 Å². The molecule has 2 aromatic heterocycles. The standard InChI is InChI=1S/C14H12FN3/c15-11-6-2-1-5-10(11)14-17-12(9-16)13-7-3-4-8-18(13)14/h1-8H,9,16H2. The molecule has 1 aromatic carbocycles. The number of nitrogens with zero attached hydrogens (tertiary/aromatic N) is 2. The van der Waals surface area contributed by atoms with Gasteiger partial charge in [-0.05, 0) is 24.3 Å².